The summed E-state index contributed by atoms with van der Waals surface area (Å²) in [4.78, 5) is 23.4. The lowest BCUT2D eigenvalue weighted by Gasteiger charge is -2.37. The Morgan fingerprint density at radius 3 is 2.55 bits per heavy atom. The van der Waals surface area contributed by atoms with Gasteiger partial charge in [-0.15, -0.1) is 0 Å². The molecule has 4 heteroatoms. The van der Waals surface area contributed by atoms with Gasteiger partial charge in [0, 0.05) is 5.56 Å². The van der Waals surface area contributed by atoms with Crippen molar-refractivity contribution < 1.29 is 14.7 Å². The third-order valence-corrected chi connectivity index (χ3v) is 3.96. The molecule has 1 aliphatic rings. The second-order valence-corrected chi connectivity index (χ2v) is 5.74. The number of carboxylic acid groups (broad SMARTS) is 1. The molecule has 1 aliphatic carbocycles. The van der Waals surface area contributed by atoms with Crippen LogP contribution >= 0.6 is 0 Å². The fourth-order valence-electron chi connectivity index (χ4n) is 2.96. The maximum atomic E-state index is 12.3. The largest absolute Gasteiger partial charge is 0.481 e. The zero-order chi connectivity index (χ0) is 14.6. The molecule has 4 nitrogen and oxygen atoms in total. The summed E-state index contributed by atoms with van der Waals surface area (Å²) in [6.07, 6.45) is 4.56. The first-order valence-electron chi connectivity index (χ1n) is 7.12. The predicted octanol–water partition coefficient (Wildman–Crippen LogP) is 2.90. The smallest absolute Gasteiger partial charge is 0.305 e. The van der Waals surface area contributed by atoms with E-state index in [4.69, 9.17) is 5.11 Å². The SMILES string of the molecule is Cc1cccc(C(=O)NC2(CC(=O)O)CCCCC2)c1. The third-order valence-electron chi connectivity index (χ3n) is 3.96. The summed E-state index contributed by atoms with van der Waals surface area (Å²) in [6.45, 7) is 1.93. The molecule has 108 valence electrons. The molecule has 20 heavy (non-hydrogen) atoms. The first-order chi connectivity index (χ1) is 9.51. The Morgan fingerprint density at radius 2 is 1.95 bits per heavy atom. The quantitative estimate of drug-likeness (QED) is 0.888. The van der Waals surface area contributed by atoms with E-state index in [2.05, 4.69) is 5.32 Å². The van der Waals surface area contributed by atoms with Crippen LogP contribution in [0.3, 0.4) is 0 Å². The van der Waals surface area contributed by atoms with E-state index in [0.29, 0.717) is 5.56 Å². The van der Waals surface area contributed by atoms with Crippen molar-refractivity contribution in [3.63, 3.8) is 0 Å². The second-order valence-electron chi connectivity index (χ2n) is 5.74. The first-order valence-corrected chi connectivity index (χ1v) is 7.12. The summed E-state index contributed by atoms with van der Waals surface area (Å²) >= 11 is 0. The molecule has 0 aromatic heterocycles. The Labute approximate surface area is 119 Å². The summed E-state index contributed by atoms with van der Waals surface area (Å²) < 4.78 is 0. The van der Waals surface area contributed by atoms with Gasteiger partial charge in [-0.2, -0.15) is 0 Å². The van der Waals surface area contributed by atoms with E-state index in [9.17, 15) is 9.59 Å². The zero-order valence-corrected chi connectivity index (χ0v) is 11.8. The van der Waals surface area contributed by atoms with Gasteiger partial charge in [0.1, 0.15) is 0 Å². The molecule has 1 fully saturated rings. The van der Waals surface area contributed by atoms with Gasteiger partial charge in [0.2, 0.25) is 0 Å². The van der Waals surface area contributed by atoms with Crippen molar-refractivity contribution in [2.75, 3.05) is 0 Å². The van der Waals surface area contributed by atoms with Crippen molar-refractivity contribution in [2.24, 2.45) is 0 Å². The minimum atomic E-state index is -0.851. The van der Waals surface area contributed by atoms with Crippen molar-refractivity contribution >= 4 is 11.9 Å². The molecule has 2 N–H and O–H groups in total. The third kappa shape index (κ3) is 3.59. The Morgan fingerprint density at radius 1 is 1.25 bits per heavy atom. The highest BCUT2D eigenvalue weighted by molar-refractivity contribution is 5.95. The summed E-state index contributed by atoms with van der Waals surface area (Å²) in [7, 11) is 0. The highest BCUT2D eigenvalue weighted by Crippen LogP contribution is 2.31. The Bertz CT molecular complexity index is 504. The zero-order valence-electron chi connectivity index (χ0n) is 11.8. The van der Waals surface area contributed by atoms with Crippen LogP contribution in [0, 0.1) is 6.92 Å². The highest BCUT2D eigenvalue weighted by atomic mass is 16.4. The van der Waals surface area contributed by atoms with Crippen molar-refractivity contribution in [1.82, 2.24) is 5.32 Å². The van der Waals surface area contributed by atoms with Gasteiger partial charge in [-0.05, 0) is 31.9 Å². The Kier molecular flexibility index (Phi) is 4.42. The summed E-state index contributed by atoms with van der Waals surface area (Å²) in [5.74, 6) is -1.02. The highest BCUT2D eigenvalue weighted by Gasteiger charge is 2.35. The number of aryl methyl sites for hydroxylation is 1. The number of rotatable bonds is 4. The lowest BCUT2D eigenvalue weighted by atomic mass is 9.79. The van der Waals surface area contributed by atoms with Gasteiger partial charge in [-0.25, -0.2) is 0 Å². The lowest BCUT2D eigenvalue weighted by Crippen LogP contribution is -2.51. The molecule has 1 aromatic carbocycles. The van der Waals surface area contributed by atoms with Crippen LogP contribution in [0.25, 0.3) is 0 Å². The first kappa shape index (κ1) is 14.6. The van der Waals surface area contributed by atoms with Gasteiger partial charge in [-0.1, -0.05) is 37.0 Å². The average Bonchev–Trinajstić information content (AvgIpc) is 2.38. The van der Waals surface area contributed by atoms with Crippen LogP contribution in [0.5, 0.6) is 0 Å². The molecule has 0 bridgehead atoms. The van der Waals surface area contributed by atoms with Crippen LogP contribution in [0.1, 0.15) is 54.4 Å². The number of hydrogen-bond acceptors (Lipinski definition) is 2. The van der Waals surface area contributed by atoms with E-state index < -0.39 is 11.5 Å². The normalized spacial score (nSPS) is 17.4. The number of aliphatic carboxylic acids is 1. The van der Waals surface area contributed by atoms with E-state index >= 15 is 0 Å². The van der Waals surface area contributed by atoms with E-state index in [1.165, 1.54) is 0 Å². The minimum absolute atomic E-state index is 0.00452. The molecule has 2 rings (SSSR count). The number of amides is 1. The molecular formula is C16H21NO3. The molecule has 0 radical (unpaired) electrons. The van der Waals surface area contributed by atoms with Crippen molar-refractivity contribution in [3.8, 4) is 0 Å². The molecule has 0 aliphatic heterocycles. The lowest BCUT2D eigenvalue weighted by molar-refractivity contribution is -0.139. The topological polar surface area (TPSA) is 66.4 Å². The molecule has 0 unspecified atom stereocenters. The van der Waals surface area contributed by atoms with Crippen LogP contribution in [-0.4, -0.2) is 22.5 Å². The van der Waals surface area contributed by atoms with Crippen LogP contribution in [0.15, 0.2) is 24.3 Å². The van der Waals surface area contributed by atoms with Gasteiger partial charge in [-0.3, -0.25) is 9.59 Å². The standard InChI is InChI=1S/C16H21NO3/c1-12-6-5-7-13(10-12)15(20)17-16(11-14(18)19)8-3-2-4-9-16/h5-7,10H,2-4,8-9,11H2,1H3,(H,17,20)(H,18,19). The number of carboxylic acids is 1. The molecule has 0 spiro atoms. The second kappa shape index (κ2) is 6.07. The maximum absolute atomic E-state index is 12.3. The molecule has 0 atom stereocenters. The number of benzene rings is 1. The van der Waals surface area contributed by atoms with Gasteiger partial charge < -0.3 is 10.4 Å². The summed E-state index contributed by atoms with van der Waals surface area (Å²) in [5.41, 5.74) is 1.04. The van der Waals surface area contributed by atoms with Gasteiger partial charge in [0.05, 0.1) is 12.0 Å². The van der Waals surface area contributed by atoms with Gasteiger partial charge in [0.15, 0.2) is 0 Å². The molecule has 0 saturated heterocycles. The van der Waals surface area contributed by atoms with Crippen LogP contribution in [-0.2, 0) is 4.79 Å². The van der Waals surface area contributed by atoms with Crippen LogP contribution < -0.4 is 5.32 Å². The van der Waals surface area contributed by atoms with Crippen LogP contribution in [0.2, 0.25) is 0 Å². The Hall–Kier alpha value is -1.84. The fraction of sp³-hybridized carbons (Fsp3) is 0.500. The minimum Gasteiger partial charge on any atom is -0.481 e. The predicted molar refractivity (Wildman–Crippen MR) is 76.7 cm³/mol. The number of carbonyl (C=O) groups excluding carboxylic acids is 1. The average molecular weight is 275 g/mol. The molecule has 1 aromatic rings. The van der Waals surface area contributed by atoms with E-state index in [1.807, 2.05) is 25.1 Å². The summed E-state index contributed by atoms with van der Waals surface area (Å²) in [6, 6.07) is 7.37. The number of nitrogens with one attached hydrogen (secondary N) is 1. The van der Waals surface area contributed by atoms with Crippen molar-refractivity contribution in [1.29, 1.82) is 0 Å². The van der Waals surface area contributed by atoms with Gasteiger partial charge in [0.25, 0.3) is 5.91 Å². The molecule has 1 amide bonds. The van der Waals surface area contributed by atoms with E-state index in [-0.39, 0.29) is 12.3 Å². The summed E-state index contributed by atoms with van der Waals surface area (Å²) in [5, 5.41) is 12.1. The number of carbonyl (C=O) groups is 2. The fourth-order valence-corrected chi connectivity index (χ4v) is 2.96. The van der Waals surface area contributed by atoms with Crippen molar-refractivity contribution in [2.45, 2.75) is 51.0 Å². The van der Waals surface area contributed by atoms with Gasteiger partial charge >= 0.3 is 5.97 Å². The van der Waals surface area contributed by atoms with Crippen molar-refractivity contribution in [3.05, 3.63) is 35.4 Å². The van der Waals surface area contributed by atoms with E-state index in [1.54, 1.807) is 6.07 Å². The molecule has 1 saturated carbocycles. The number of hydrogen-bond donors (Lipinski definition) is 2. The van der Waals surface area contributed by atoms with E-state index in [0.717, 1.165) is 37.7 Å². The monoisotopic (exact) mass is 275 g/mol. The van der Waals surface area contributed by atoms with Crippen LogP contribution in [0.4, 0.5) is 0 Å². The maximum Gasteiger partial charge on any atom is 0.305 e. The molecular weight excluding hydrogens is 254 g/mol. The molecule has 0 heterocycles. The Balaban J connectivity index is 2.15.